The van der Waals surface area contributed by atoms with Crippen LogP contribution in [0.5, 0.6) is 0 Å². The number of hydrogen-bond acceptors (Lipinski definition) is 5. The van der Waals surface area contributed by atoms with Crippen LogP contribution in [0, 0.1) is 11.7 Å². The average Bonchev–Trinajstić information content (AvgIpc) is 3.40. The minimum Gasteiger partial charge on any atom is -0.463 e. The van der Waals surface area contributed by atoms with E-state index in [1.54, 1.807) is 32.0 Å². The standard InChI is InChI=1S/C19H21FN2O5/c1-3-26-18(24)16-10(2)21-19(25)22-15(16)9-27-17(23)13-8-12(13)11-6-4-5-7-14(11)20/h4-7,10,12-13H,3,8-9H2,1-2H3,(H2,21,22,25)/t10-,12-,13-/m1/s1. The highest BCUT2D eigenvalue weighted by Crippen LogP contribution is 2.48. The maximum Gasteiger partial charge on any atom is 0.338 e. The number of ether oxygens (including phenoxy) is 2. The minimum absolute atomic E-state index is 0.183. The van der Waals surface area contributed by atoms with Crippen LogP contribution in [-0.4, -0.2) is 37.2 Å². The summed E-state index contributed by atoms with van der Waals surface area (Å²) in [5.41, 5.74) is 0.904. The zero-order chi connectivity index (χ0) is 19.6. The molecule has 0 bridgehead atoms. The van der Waals surface area contributed by atoms with Crippen LogP contribution in [0.2, 0.25) is 0 Å². The Morgan fingerprint density at radius 3 is 2.70 bits per heavy atom. The van der Waals surface area contributed by atoms with E-state index in [9.17, 15) is 18.8 Å². The lowest BCUT2D eigenvalue weighted by atomic mass is 10.0. The van der Waals surface area contributed by atoms with Gasteiger partial charge in [-0.05, 0) is 31.9 Å². The average molecular weight is 376 g/mol. The van der Waals surface area contributed by atoms with E-state index in [0.29, 0.717) is 12.0 Å². The van der Waals surface area contributed by atoms with Gasteiger partial charge >= 0.3 is 18.0 Å². The van der Waals surface area contributed by atoms with Crippen molar-refractivity contribution in [2.75, 3.05) is 13.2 Å². The first kappa shape index (κ1) is 18.9. The quantitative estimate of drug-likeness (QED) is 0.741. The molecule has 1 aromatic rings. The van der Waals surface area contributed by atoms with Gasteiger partial charge in [0.05, 0.1) is 29.8 Å². The number of benzene rings is 1. The van der Waals surface area contributed by atoms with Crippen molar-refractivity contribution >= 4 is 18.0 Å². The molecule has 1 aliphatic heterocycles. The molecule has 0 spiro atoms. The van der Waals surface area contributed by atoms with E-state index in [-0.39, 0.29) is 36.2 Å². The lowest BCUT2D eigenvalue weighted by molar-refractivity contribution is -0.145. The smallest absolute Gasteiger partial charge is 0.338 e. The number of hydrogen-bond donors (Lipinski definition) is 2. The van der Waals surface area contributed by atoms with Crippen molar-refractivity contribution in [1.29, 1.82) is 0 Å². The first-order chi connectivity index (χ1) is 12.9. The molecule has 0 unspecified atom stereocenters. The van der Waals surface area contributed by atoms with Crippen LogP contribution >= 0.6 is 0 Å². The first-order valence-electron chi connectivity index (χ1n) is 8.81. The third-order valence-corrected chi connectivity index (χ3v) is 4.62. The van der Waals surface area contributed by atoms with Crippen molar-refractivity contribution < 1.29 is 28.2 Å². The molecule has 1 aliphatic carbocycles. The summed E-state index contributed by atoms with van der Waals surface area (Å²) in [5, 5.41) is 5.06. The van der Waals surface area contributed by atoms with E-state index in [1.165, 1.54) is 6.07 Å². The van der Waals surface area contributed by atoms with Gasteiger partial charge in [-0.3, -0.25) is 4.79 Å². The molecule has 1 fully saturated rings. The fraction of sp³-hybridized carbons (Fsp3) is 0.421. The van der Waals surface area contributed by atoms with E-state index in [0.717, 1.165) is 0 Å². The summed E-state index contributed by atoms with van der Waals surface area (Å²) < 4.78 is 24.1. The Hall–Kier alpha value is -2.90. The normalized spacial score (nSPS) is 24.0. The lowest BCUT2D eigenvalue weighted by Gasteiger charge is -2.26. The van der Waals surface area contributed by atoms with Gasteiger partial charge in [-0.2, -0.15) is 0 Å². The topological polar surface area (TPSA) is 93.7 Å². The molecule has 3 rings (SSSR count). The number of urea groups is 1. The second-order valence-corrected chi connectivity index (χ2v) is 6.51. The molecule has 2 amide bonds. The molecule has 27 heavy (non-hydrogen) atoms. The summed E-state index contributed by atoms with van der Waals surface area (Å²) in [4.78, 5) is 36.1. The van der Waals surface area contributed by atoms with Crippen LogP contribution in [0.4, 0.5) is 9.18 Å². The van der Waals surface area contributed by atoms with E-state index >= 15 is 0 Å². The van der Waals surface area contributed by atoms with E-state index < -0.39 is 29.9 Å². The Kier molecular flexibility index (Phi) is 5.43. The summed E-state index contributed by atoms with van der Waals surface area (Å²) in [6.07, 6.45) is 0.508. The summed E-state index contributed by atoms with van der Waals surface area (Å²) in [6.45, 7) is 3.24. The number of amides is 2. The van der Waals surface area contributed by atoms with Crippen molar-refractivity contribution in [3.05, 3.63) is 46.9 Å². The molecule has 1 heterocycles. The number of carbonyl (C=O) groups is 3. The number of carbonyl (C=O) groups excluding carboxylic acids is 3. The first-order valence-corrected chi connectivity index (χ1v) is 8.81. The van der Waals surface area contributed by atoms with Crippen molar-refractivity contribution in [2.45, 2.75) is 32.2 Å². The maximum atomic E-state index is 13.8. The van der Waals surface area contributed by atoms with Gasteiger partial charge in [-0.15, -0.1) is 0 Å². The largest absolute Gasteiger partial charge is 0.463 e. The van der Waals surface area contributed by atoms with Crippen molar-refractivity contribution in [3.63, 3.8) is 0 Å². The van der Waals surface area contributed by atoms with Gasteiger partial charge < -0.3 is 20.1 Å². The van der Waals surface area contributed by atoms with Gasteiger partial charge in [0.15, 0.2) is 0 Å². The molecule has 0 aromatic heterocycles. The maximum absolute atomic E-state index is 13.8. The van der Waals surface area contributed by atoms with Crippen molar-refractivity contribution in [3.8, 4) is 0 Å². The molecule has 2 N–H and O–H groups in total. The number of halogens is 1. The van der Waals surface area contributed by atoms with Crippen LogP contribution in [0.1, 0.15) is 31.7 Å². The Balaban J connectivity index is 1.66. The molecule has 3 atom stereocenters. The Morgan fingerprint density at radius 2 is 2.00 bits per heavy atom. The SMILES string of the molecule is CCOC(=O)C1=C(COC(=O)[C@@H]2C[C@@H]2c2ccccc2F)NC(=O)N[C@@H]1C. The molecular formula is C19H21FN2O5. The second-order valence-electron chi connectivity index (χ2n) is 6.51. The summed E-state index contributed by atoms with van der Waals surface area (Å²) in [5.74, 6) is -2.05. The van der Waals surface area contributed by atoms with Gasteiger partial charge in [0.2, 0.25) is 0 Å². The van der Waals surface area contributed by atoms with Crippen LogP contribution in [-0.2, 0) is 19.1 Å². The summed E-state index contributed by atoms with van der Waals surface area (Å²) in [7, 11) is 0. The zero-order valence-electron chi connectivity index (χ0n) is 15.1. The molecule has 8 heteroatoms. The van der Waals surface area contributed by atoms with Crippen LogP contribution in [0.15, 0.2) is 35.5 Å². The highest BCUT2D eigenvalue weighted by molar-refractivity contribution is 5.94. The monoisotopic (exact) mass is 376 g/mol. The van der Waals surface area contributed by atoms with E-state index in [1.807, 2.05) is 0 Å². The van der Waals surface area contributed by atoms with Gasteiger partial charge in [-0.1, -0.05) is 18.2 Å². The van der Waals surface area contributed by atoms with Gasteiger partial charge in [0.25, 0.3) is 0 Å². The molecule has 1 aromatic carbocycles. The fourth-order valence-electron chi connectivity index (χ4n) is 3.22. The third-order valence-electron chi connectivity index (χ3n) is 4.62. The molecule has 144 valence electrons. The van der Waals surface area contributed by atoms with Crippen molar-refractivity contribution in [2.24, 2.45) is 5.92 Å². The van der Waals surface area contributed by atoms with Gasteiger partial charge in [0, 0.05) is 5.92 Å². The molecule has 0 radical (unpaired) electrons. The van der Waals surface area contributed by atoms with E-state index in [4.69, 9.17) is 9.47 Å². The summed E-state index contributed by atoms with van der Waals surface area (Å²) >= 11 is 0. The van der Waals surface area contributed by atoms with Crippen LogP contribution in [0.25, 0.3) is 0 Å². The van der Waals surface area contributed by atoms with Crippen molar-refractivity contribution in [1.82, 2.24) is 10.6 Å². The lowest BCUT2D eigenvalue weighted by Crippen LogP contribution is -2.50. The number of esters is 2. The third kappa shape index (κ3) is 4.10. The molecular weight excluding hydrogens is 355 g/mol. The Labute approximate surface area is 155 Å². The van der Waals surface area contributed by atoms with Gasteiger partial charge in [-0.25, -0.2) is 14.0 Å². The minimum atomic E-state index is -0.584. The van der Waals surface area contributed by atoms with Crippen LogP contribution in [0.3, 0.4) is 0 Å². The molecule has 1 saturated carbocycles. The number of rotatable bonds is 6. The van der Waals surface area contributed by atoms with E-state index in [2.05, 4.69) is 10.6 Å². The zero-order valence-corrected chi connectivity index (χ0v) is 15.1. The molecule has 0 saturated heterocycles. The van der Waals surface area contributed by atoms with Gasteiger partial charge in [0.1, 0.15) is 12.4 Å². The highest BCUT2D eigenvalue weighted by atomic mass is 19.1. The molecule has 2 aliphatic rings. The highest BCUT2D eigenvalue weighted by Gasteiger charge is 2.46. The predicted octanol–water partition coefficient (Wildman–Crippen LogP) is 1.99. The second kappa shape index (κ2) is 7.77. The van der Waals surface area contributed by atoms with Crippen LogP contribution < -0.4 is 10.6 Å². The summed E-state index contributed by atoms with van der Waals surface area (Å²) in [6, 6.07) is 5.28. The Bertz CT molecular complexity index is 807. The molecule has 7 nitrogen and oxygen atoms in total. The number of nitrogens with one attached hydrogen (secondary N) is 2. The fourth-order valence-corrected chi connectivity index (χ4v) is 3.22. The Morgan fingerprint density at radius 1 is 1.26 bits per heavy atom. The predicted molar refractivity (Wildman–Crippen MR) is 93.0 cm³/mol.